The highest BCUT2D eigenvalue weighted by Crippen LogP contribution is 2.44. The molecule has 1 aromatic heterocycles. The number of nitrogens with one attached hydrogen (secondary N) is 1. The minimum Gasteiger partial charge on any atom is -0.449 e. The summed E-state index contributed by atoms with van der Waals surface area (Å²) in [5.74, 6) is -0.328. The molecule has 0 unspecified atom stereocenters. The van der Waals surface area contributed by atoms with Crippen molar-refractivity contribution in [2.45, 2.75) is 12.8 Å². The van der Waals surface area contributed by atoms with Crippen LogP contribution in [-0.4, -0.2) is 24.2 Å². The summed E-state index contributed by atoms with van der Waals surface area (Å²) in [6, 6.07) is 17.9. The normalized spacial score (nSPS) is 12.6. The molecule has 2 aromatic carbocycles. The third-order valence-electron chi connectivity index (χ3n) is 5.07. The summed E-state index contributed by atoms with van der Waals surface area (Å²) >= 11 is 0. The lowest BCUT2D eigenvalue weighted by molar-refractivity contribution is 0.144. The molecule has 4 nitrogen and oxygen atoms in total. The zero-order valence-corrected chi connectivity index (χ0v) is 16.1. The molecule has 0 radical (unpaired) electrons. The van der Waals surface area contributed by atoms with Crippen LogP contribution in [0.25, 0.3) is 17.2 Å². The highest BCUT2D eigenvalue weighted by Gasteiger charge is 2.28. The molecule has 1 N–H and O–H groups in total. The van der Waals surface area contributed by atoms with Crippen LogP contribution < -0.4 is 5.32 Å². The molecule has 0 aliphatic heterocycles. The van der Waals surface area contributed by atoms with E-state index in [1.807, 2.05) is 24.3 Å². The molecule has 1 heterocycles. The van der Waals surface area contributed by atoms with Gasteiger partial charge in [-0.05, 0) is 46.9 Å². The number of hydrogen-bond acceptors (Lipinski definition) is 3. The van der Waals surface area contributed by atoms with Crippen molar-refractivity contribution in [1.29, 1.82) is 0 Å². The molecule has 0 spiro atoms. The molecule has 4 rings (SSSR count). The highest BCUT2D eigenvalue weighted by molar-refractivity contribution is 5.79. The number of pyridine rings is 1. The number of halogens is 1. The molecular formula is C24H21FN2O2. The van der Waals surface area contributed by atoms with Gasteiger partial charge in [-0.2, -0.15) is 0 Å². The molecule has 146 valence electrons. The lowest BCUT2D eigenvalue weighted by atomic mass is 9.98. The van der Waals surface area contributed by atoms with Gasteiger partial charge >= 0.3 is 6.09 Å². The van der Waals surface area contributed by atoms with E-state index in [1.54, 1.807) is 19.1 Å². The van der Waals surface area contributed by atoms with Gasteiger partial charge in [0, 0.05) is 12.5 Å². The number of amides is 1. The van der Waals surface area contributed by atoms with Crippen molar-refractivity contribution < 1.29 is 13.9 Å². The van der Waals surface area contributed by atoms with E-state index in [9.17, 15) is 9.18 Å². The number of rotatable bonds is 5. The number of ether oxygens (including phenoxy) is 1. The monoisotopic (exact) mass is 388 g/mol. The average Bonchev–Trinajstić information content (AvgIpc) is 3.05. The fraction of sp³-hybridized carbons (Fsp3) is 0.167. The Balaban J connectivity index is 1.34. The van der Waals surface area contributed by atoms with Crippen LogP contribution in [0.1, 0.15) is 28.3 Å². The third kappa shape index (κ3) is 4.04. The van der Waals surface area contributed by atoms with E-state index in [-0.39, 0.29) is 18.3 Å². The van der Waals surface area contributed by atoms with Crippen LogP contribution in [0.3, 0.4) is 0 Å². The van der Waals surface area contributed by atoms with Crippen molar-refractivity contribution in [2.75, 3.05) is 13.2 Å². The smallest absolute Gasteiger partial charge is 0.407 e. The maximum atomic E-state index is 13.1. The second-order valence-corrected chi connectivity index (χ2v) is 6.96. The van der Waals surface area contributed by atoms with E-state index in [2.05, 4.69) is 34.6 Å². The molecule has 29 heavy (non-hydrogen) atoms. The van der Waals surface area contributed by atoms with E-state index >= 15 is 0 Å². The summed E-state index contributed by atoms with van der Waals surface area (Å²) in [5, 5.41) is 2.71. The summed E-state index contributed by atoms with van der Waals surface area (Å²) in [4.78, 5) is 16.1. The lowest BCUT2D eigenvalue weighted by Gasteiger charge is -2.14. The Kier molecular flexibility index (Phi) is 5.38. The van der Waals surface area contributed by atoms with Gasteiger partial charge in [-0.1, -0.05) is 54.6 Å². The first kappa shape index (κ1) is 18.9. The van der Waals surface area contributed by atoms with Gasteiger partial charge in [-0.25, -0.2) is 9.18 Å². The van der Waals surface area contributed by atoms with Crippen molar-refractivity contribution in [2.24, 2.45) is 0 Å². The van der Waals surface area contributed by atoms with Gasteiger partial charge in [-0.3, -0.25) is 4.98 Å². The molecule has 0 fully saturated rings. The number of nitrogens with zero attached hydrogens (tertiary/aromatic N) is 1. The number of carbonyl (C=O) groups excluding carboxylic acids is 1. The van der Waals surface area contributed by atoms with Crippen molar-refractivity contribution in [3.05, 3.63) is 95.1 Å². The maximum absolute atomic E-state index is 13.1. The molecule has 1 amide bonds. The molecule has 0 saturated carbocycles. The molecule has 1 aliphatic carbocycles. The van der Waals surface area contributed by atoms with Crippen LogP contribution in [0.4, 0.5) is 9.18 Å². The van der Waals surface area contributed by atoms with Gasteiger partial charge < -0.3 is 10.1 Å². The van der Waals surface area contributed by atoms with Crippen LogP contribution in [0.15, 0.2) is 66.9 Å². The Morgan fingerprint density at radius 2 is 1.79 bits per heavy atom. The predicted octanol–water partition coefficient (Wildman–Crippen LogP) is 5.08. The SMILES string of the molecule is Cc1cc(F)cnc1C=CCNC(=O)OCC1c2ccccc2-c2ccccc21. The molecular weight excluding hydrogens is 367 g/mol. The van der Waals surface area contributed by atoms with Crippen LogP contribution in [-0.2, 0) is 4.74 Å². The van der Waals surface area contributed by atoms with Crippen molar-refractivity contribution in [1.82, 2.24) is 10.3 Å². The largest absolute Gasteiger partial charge is 0.449 e. The Morgan fingerprint density at radius 1 is 1.14 bits per heavy atom. The third-order valence-corrected chi connectivity index (χ3v) is 5.07. The highest BCUT2D eigenvalue weighted by atomic mass is 19.1. The fourth-order valence-corrected chi connectivity index (χ4v) is 3.69. The standard InChI is InChI=1S/C24H21FN2O2/c1-16-13-17(25)14-27-23(16)11-6-12-26-24(28)29-15-22-20-9-4-2-7-18(20)19-8-3-5-10-21(19)22/h2-11,13-14,22H,12,15H2,1H3,(H,26,28). The van der Waals surface area contributed by atoms with E-state index in [0.29, 0.717) is 12.2 Å². The fourth-order valence-electron chi connectivity index (χ4n) is 3.69. The summed E-state index contributed by atoms with van der Waals surface area (Å²) in [6.45, 7) is 2.37. The van der Waals surface area contributed by atoms with E-state index in [0.717, 1.165) is 5.56 Å². The summed E-state index contributed by atoms with van der Waals surface area (Å²) < 4.78 is 18.6. The van der Waals surface area contributed by atoms with E-state index < -0.39 is 6.09 Å². The zero-order valence-electron chi connectivity index (χ0n) is 16.1. The first-order valence-electron chi connectivity index (χ1n) is 9.51. The van der Waals surface area contributed by atoms with Crippen LogP contribution >= 0.6 is 0 Å². The van der Waals surface area contributed by atoms with Gasteiger partial charge in [0.1, 0.15) is 12.4 Å². The molecule has 0 bridgehead atoms. The van der Waals surface area contributed by atoms with Crippen molar-refractivity contribution in [3.8, 4) is 11.1 Å². The van der Waals surface area contributed by atoms with Gasteiger partial charge in [0.2, 0.25) is 0 Å². The van der Waals surface area contributed by atoms with Gasteiger partial charge in [0.15, 0.2) is 0 Å². The first-order chi connectivity index (χ1) is 14.1. The summed E-state index contributed by atoms with van der Waals surface area (Å²) in [7, 11) is 0. The van der Waals surface area contributed by atoms with Crippen molar-refractivity contribution >= 4 is 12.2 Å². The average molecular weight is 388 g/mol. The number of alkyl carbamates (subject to hydrolysis) is 1. The van der Waals surface area contributed by atoms with Crippen LogP contribution in [0.2, 0.25) is 0 Å². The zero-order chi connectivity index (χ0) is 20.2. The molecule has 0 saturated heterocycles. The molecule has 1 aliphatic rings. The van der Waals surface area contributed by atoms with Crippen molar-refractivity contribution in [3.63, 3.8) is 0 Å². The minimum absolute atomic E-state index is 0.0368. The lowest BCUT2D eigenvalue weighted by Crippen LogP contribution is -2.26. The van der Waals surface area contributed by atoms with Crippen LogP contribution in [0.5, 0.6) is 0 Å². The minimum atomic E-state index is -0.472. The second kappa shape index (κ2) is 8.27. The quantitative estimate of drug-likeness (QED) is 0.663. The number of aromatic nitrogens is 1. The molecule has 5 heteroatoms. The Labute approximate surface area is 169 Å². The Morgan fingerprint density at radius 3 is 2.45 bits per heavy atom. The molecule has 3 aromatic rings. The van der Waals surface area contributed by atoms with E-state index in [4.69, 9.17) is 4.74 Å². The predicted molar refractivity (Wildman–Crippen MR) is 111 cm³/mol. The summed E-state index contributed by atoms with van der Waals surface area (Å²) in [5.41, 5.74) is 6.16. The Hall–Kier alpha value is -3.47. The first-order valence-corrected chi connectivity index (χ1v) is 9.51. The maximum Gasteiger partial charge on any atom is 0.407 e. The van der Waals surface area contributed by atoms with Gasteiger partial charge in [-0.15, -0.1) is 0 Å². The van der Waals surface area contributed by atoms with Crippen LogP contribution in [0, 0.1) is 12.7 Å². The Bertz CT molecular complexity index is 1030. The molecule has 0 atom stereocenters. The summed E-state index contributed by atoms with van der Waals surface area (Å²) in [6.07, 6.45) is 4.21. The number of aryl methyl sites for hydroxylation is 1. The second-order valence-electron chi connectivity index (χ2n) is 6.96. The topological polar surface area (TPSA) is 51.2 Å². The van der Waals surface area contributed by atoms with E-state index in [1.165, 1.54) is 34.5 Å². The number of carbonyl (C=O) groups is 1. The van der Waals surface area contributed by atoms with Gasteiger partial charge in [0.05, 0.1) is 11.9 Å². The number of fused-ring (bicyclic) bond motifs is 3. The van der Waals surface area contributed by atoms with Gasteiger partial charge in [0.25, 0.3) is 0 Å². The number of hydrogen-bond donors (Lipinski definition) is 1. The number of benzene rings is 2.